The largest absolute Gasteiger partial charge is 0.370 e. The van der Waals surface area contributed by atoms with Gasteiger partial charge in [-0.1, -0.05) is 53.7 Å². The molecule has 1 saturated heterocycles. The van der Waals surface area contributed by atoms with Crippen molar-refractivity contribution in [3.63, 3.8) is 0 Å². The first-order valence-electron chi connectivity index (χ1n) is 12.6. The SMILES string of the molecule is CC(C)c1cc(C(C)C)c(S(=O)(=O)NC(CCCN=C(N)N)C(=O)N2CCNCC2)c(C(C)C)c1. The molecule has 1 heterocycles. The Labute approximate surface area is 211 Å². The van der Waals surface area contributed by atoms with Crippen LogP contribution in [0, 0.1) is 0 Å². The number of piperazine rings is 1. The Kier molecular flexibility index (Phi) is 10.5. The Morgan fingerprint density at radius 2 is 1.57 bits per heavy atom. The molecule has 198 valence electrons. The van der Waals surface area contributed by atoms with Gasteiger partial charge >= 0.3 is 0 Å². The minimum Gasteiger partial charge on any atom is -0.370 e. The Morgan fingerprint density at radius 3 is 2.03 bits per heavy atom. The number of guanidine groups is 1. The van der Waals surface area contributed by atoms with Crippen LogP contribution in [0.25, 0.3) is 0 Å². The highest BCUT2D eigenvalue weighted by Gasteiger charge is 2.33. The number of nitrogens with one attached hydrogen (secondary N) is 2. The van der Waals surface area contributed by atoms with Crippen molar-refractivity contribution >= 4 is 21.9 Å². The van der Waals surface area contributed by atoms with Crippen molar-refractivity contribution in [1.82, 2.24) is 14.9 Å². The van der Waals surface area contributed by atoms with E-state index in [1.165, 1.54) is 0 Å². The third kappa shape index (κ3) is 7.91. The fourth-order valence-corrected chi connectivity index (χ4v) is 6.21. The second-order valence-corrected chi connectivity index (χ2v) is 11.8. The predicted octanol–water partition coefficient (Wildman–Crippen LogP) is 2.19. The summed E-state index contributed by atoms with van der Waals surface area (Å²) in [5.74, 6) is 0.0379. The molecular weight excluding hydrogens is 464 g/mol. The number of amides is 1. The molecule has 0 bridgehead atoms. The van der Waals surface area contributed by atoms with E-state index in [0.717, 1.165) is 16.7 Å². The first kappa shape index (κ1) is 29.1. The van der Waals surface area contributed by atoms with Gasteiger partial charge in [0.15, 0.2) is 5.96 Å². The lowest BCUT2D eigenvalue weighted by atomic mass is 9.89. The lowest BCUT2D eigenvalue weighted by Crippen LogP contribution is -2.54. The Balaban J connectivity index is 2.49. The molecule has 0 radical (unpaired) electrons. The molecule has 0 aliphatic carbocycles. The zero-order valence-corrected chi connectivity index (χ0v) is 22.9. The Morgan fingerprint density at radius 1 is 1.03 bits per heavy atom. The molecule has 6 N–H and O–H groups in total. The van der Waals surface area contributed by atoms with Crippen LogP contribution in [0.3, 0.4) is 0 Å². The number of rotatable bonds is 11. The second-order valence-electron chi connectivity index (χ2n) is 10.2. The van der Waals surface area contributed by atoms with E-state index < -0.39 is 16.1 Å². The maximum absolute atomic E-state index is 13.9. The first-order chi connectivity index (χ1) is 16.3. The van der Waals surface area contributed by atoms with Crippen molar-refractivity contribution in [1.29, 1.82) is 0 Å². The van der Waals surface area contributed by atoms with Gasteiger partial charge < -0.3 is 21.7 Å². The minimum atomic E-state index is -3.99. The van der Waals surface area contributed by atoms with Crippen LogP contribution < -0.4 is 21.5 Å². The van der Waals surface area contributed by atoms with Crippen molar-refractivity contribution in [2.24, 2.45) is 16.5 Å². The molecule has 1 aromatic rings. The predicted molar refractivity (Wildman–Crippen MR) is 142 cm³/mol. The van der Waals surface area contributed by atoms with Gasteiger partial charge in [-0.05, 0) is 47.3 Å². The fourth-order valence-electron chi connectivity index (χ4n) is 4.29. The topological polar surface area (TPSA) is 143 Å². The van der Waals surface area contributed by atoms with Gasteiger partial charge in [-0.25, -0.2) is 8.42 Å². The molecule has 10 heteroatoms. The molecule has 1 fully saturated rings. The average molecular weight is 509 g/mol. The van der Waals surface area contributed by atoms with E-state index in [4.69, 9.17) is 11.5 Å². The van der Waals surface area contributed by atoms with Crippen molar-refractivity contribution in [2.75, 3.05) is 32.7 Å². The summed E-state index contributed by atoms with van der Waals surface area (Å²) in [7, 11) is -3.99. The van der Waals surface area contributed by atoms with E-state index in [2.05, 4.69) is 28.9 Å². The number of hydrogen-bond donors (Lipinski definition) is 4. The Bertz CT molecular complexity index is 965. The van der Waals surface area contributed by atoms with Crippen LogP contribution in [-0.4, -0.2) is 64.0 Å². The van der Waals surface area contributed by atoms with Gasteiger partial charge in [-0.2, -0.15) is 4.72 Å². The maximum Gasteiger partial charge on any atom is 0.241 e. The number of aliphatic imine (C=N–C) groups is 1. The molecular formula is C25H44N6O3S. The standard InChI is InChI=1S/C25H44N6O3S/c1-16(2)19-14-20(17(3)4)23(21(15-19)18(5)6)35(33,34)30-22(8-7-9-29-25(26)27)24(32)31-12-10-28-11-13-31/h14-18,22,28,30H,7-13H2,1-6H3,(H4,26,27,29). The third-order valence-corrected chi connectivity index (χ3v) is 7.92. The van der Waals surface area contributed by atoms with Crippen LogP contribution in [0.4, 0.5) is 0 Å². The van der Waals surface area contributed by atoms with E-state index >= 15 is 0 Å². The highest BCUT2D eigenvalue weighted by Crippen LogP contribution is 2.35. The summed E-state index contributed by atoms with van der Waals surface area (Å²) >= 11 is 0. The summed E-state index contributed by atoms with van der Waals surface area (Å²) in [5.41, 5.74) is 13.5. The monoisotopic (exact) mass is 508 g/mol. The molecule has 1 aliphatic heterocycles. The van der Waals surface area contributed by atoms with Crippen LogP contribution in [0.1, 0.15) is 88.8 Å². The van der Waals surface area contributed by atoms with Gasteiger partial charge in [0.1, 0.15) is 6.04 Å². The molecule has 0 spiro atoms. The molecule has 35 heavy (non-hydrogen) atoms. The number of sulfonamides is 1. The molecule has 1 aromatic carbocycles. The van der Waals surface area contributed by atoms with Gasteiger partial charge in [0, 0.05) is 32.7 Å². The van der Waals surface area contributed by atoms with Crippen LogP contribution >= 0.6 is 0 Å². The first-order valence-corrected chi connectivity index (χ1v) is 14.1. The zero-order chi connectivity index (χ0) is 26.3. The summed E-state index contributed by atoms with van der Waals surface area (Å²) in [6.07, 6.45) is 0.778. The van der Waals surface area contributed by atoms with Crippen molar-refractivity contribution in [2.45, 2.75) is 83.1 Å². The van der Waals surface area contributed by atoms with E-state index in [-0.39, 0.29) is 29.6 Å². The summed E-state index contributed by atoms with van der Waals surface area (Å²) < 4.78 is 30.7. The highest BCUT2D eigenvalue weighted by molar-refractivity contribution is 7.89. The van der Waals surface area contributed by atoms with Gasteiger partial charge in [-0.3, -0.25) is 9.79 Å². The summed E-state index contributed by atoms with van der Waals surface area (Å²) in [6.45, 7) is 15.0. The smallest absolute Gasteiger partial charge is 0.241 e. The van der Waals surface area contributed by atoms with Crippen LogP contribution in [0.5, 0.6) is 0 Å². The number of carbonyl (C=O) groups excluding carboxylic acids is 1. The molecule has 1 atom stereocenters. The number of nitrogens with two attached hydrogens (primary N) is 2. The summed E-state index contributed by atoms with van der Waals surface area (Å²) in [4.78, 5) is 19.4. The van der Waals surface area contributed by atoms with E-state index in [1.807, 2.05) is 39.8 Å². The molecule has 1 amide bonds. The molecule has 1 unspecified atom stereocenters. The van der Waals surface area contributed by atoms with Crippen molar-refractivity contribution in [3.05, 3.63) is 28.8 Å². The van der Waals surface area contributed by atoms with E-state index in [0.29, 0.717) is 50.5 Å². The molecule has 1 aliphatic rings. The van der Waals surface area contributed by atoms with Crippen LogP contribution in [0.15, 0.2) is 22.0 Å². The number of benzene rings is 1. The molecule has 0 aromatic heterocycles. The Hall–Kier alpha value is -2.17. The zero-order valence-electron chi connectivity index (χ0n) is 22.1. The number of nitrogens with zero attached hydrogens (tertiary/aromatic N) is 2. The second kappa shape index (κ2) is 12.7. The van der Waals surface area contributed by atoms with Crippen molar-refractivity contribution < 1.29 is 13.2 Å². The van der Waals surface area contributed by atoms with Crippen LogP contribution in [-0.2, 0) is 14.8 Å². The fraction of sp³-hybridized carbons (Fsp3) is 0.680. The quantitative estimate of drug-likeness (QED) is 0.205. The summed E-state index contributed by atoms with van der Waals surface area (Å²) in [6, 6.07) is 3.11. The van der Waals surface area contributed by atoms with Crippen LogP contribution in [0.2, 0.25) is 0 Å². The molecule has 9 nitrogen and oxygen atoms in total. The molecule has 0 saturated carbocycles. The van der Waals surface area contributed by atoms with E-state index in [1.54, 1.807) is 4.90 Å². The van der Waals surface area contributed by atoms with Gasteiger partial charge in [0.2, 0.25) is 15.9 Å². The van der Waals surface area contributed by atoms with Crippen molar-refractivity contribution in [3.8, 4) is 0 Å². The maximum atomic E-state index is 13.9. The third-order valence-electron chi connectivity index (χ3n) is 6.32. The van der Waals surface area contributed by atoms with E-state index in [9.17, 15) is 13.2 Å². The van der Waals surface area contributed by atoms with Gasteiger partial charge in [-0.15, -0.1) is 0 Å². The molecule has 2 rings (SSSR count). The normalized spacial score (nSPS) is 15.6. The number of hydrogen-bond acceptors (Lipinski definition) is 5. The van der Waals surface area contributed by atoms with Gasteiger partial charge in [0.05, 0.1) is 4.90 Å². The average Bonchev–Trinajstić information content (AvgIpc) is 2.79. The minimum absolute atomic E-state index is 0.00182. The lowest BCUT2D eigenvalue weighted by molar-refractivity contribution is -0.133. The summed E-state index contributed by atoms with van der Waals surface area (Å²) in [5, 5.41) is 3.22. The highest BCUT2D eigenvalue weighted by atomic mass is 32.2. The van der Waals surface area contributed by atoms with Gasteiger partial charge in [0.25, 0.3) is 0 Å². The number of carbonyl (C=O) groups is 1. The lowest BCUT2D eigenvalue weighted by Gasteiger charge is -2.31.